The van der Waals surface area contributed by atoms with Gasteiger partial charge in [0.2, 0.25) is 10.0 Å². The third-order valence-electron chi connectivity index (χ3n) is 3.25. The van der Waals surface area contributed by atoms with Crippen LogP contribution in [0.1, 0.15) is 45.1 Å². The fourth-order valence-electron chi connectivity index (χ4n) is 2.16. The number of aliphatic hydroxyl groups excluding tert-OH is 1. The van der Waals surface area contributed by atoms with Crippen molar-refractivity contribution in [1.29, 1.82) is 0 Å². The third kappa shape index (κ3) is 7.07. The Balaban J connectivity index is 2.46. The monoisotopic (exact) mass is 313 g/mol. The first-order valence-corrected chi connectivity index (χ1v) is 9.13. The molecule has 1 aromatic carbocycles. The molecule has 0 amide bonds. The number of aliphatic hydroxyl groups is 1. The van der Waals surface area contributed by atoms with E-state index in [1.165, 1.54) is 0 Å². The van der Waals surface area contributed by atoms with Gasteiger partial charge in [-0.3, -0.25) is 0 Å². The molecule has 0 aromatic heterocycles. The van der Waals surface area contributed by atoms with Gasteiger partial charge < -0.3 is 5.11 Å². The summed E-state index contributed by atoms with van der Waals surface area (Å²) in [4.78, 5) is 0.324. The van der Waals surface area contributed by atoms with Crippen molar-refractivity contribution in [2.75, 3.05) is 13.2 Å². The maximum Gasteiger partial charge on any atom is 0.240 e. The van der Waals surface area contributed by atoms with Crippen LogP contribution in [-0.2, 0) is 16.4 Å². The standard InChI is InChI=1S/C16H27NO3S/c1-14(2)13-15-7-9-16(10-8-15)21(19,20)17-11-5-3-4-6-12-18/h7-10,14,17-18H,3-6,11-13H2,1-2H3. The highest BCUT2D eigenvalue weighted by atomic mass is 32.2. The SMILES string of the molecule is CC(C)Cc1ccc(S(=O)(=O)NCCCCCCO)cc1. The van der Waals surface area contributed by atoms with Crippen LogP contribution in [0.25, 0.3) is 0 Å². The molecule has 1 rings (SSSR count). The predicted octanol–water partition coefficient (Wildman–Crippen LogP) is 2.72. The van der Waals surface area contributed by atoms with E-state index in [9.17, 15) is 8.42 Å². The summed E-state index contributed by atoms with van der Waals surface area (Å²) in [7, 11) is -3.40. The highest BCUT2D eigenvalue weighted by Crippen LogP contribution is 2.13. The molecule has 0 unspecified atom stereocenters. The summed E-state index contributed by atoms with van der Waals surface area (Å²) in [6, 6.07) is 7.11. The molecule has 0 aliphatic carbocycles. The number of hydrogen-bond donors (Lipinski definition) is 2. The minimum atomic E-state index is -3.40. The maximum absolute atomic E-state index is 12.1. The Kier molecular flexibility index (Phi) is 7.93. The van der Waals surface area contributed by atoms with Gasteiger partial charge in [-0.1, -0.05) is 38.8 Å². The fourth-order valence-corrected chi connectivity index (χ4v) is 3.23. The number of rotatable bonds is 10. The van der Waals surface area contributed by atoms with Crippen LogP contribution in [0, 0.1) is 5.92 Å². The zero-order chi connectivity index (χ0) is 15.7. The summed E-state index contributed by atoms with van der Waals surface area (Å²) >= 11 is 0. The van der Waals surface area contributed by atoms with Gasteiger partial charge in [0.15, 0.2) is 0 Å². The van der Waals surface area contributed by atoms with Crippen molar-refractivity contribution >= 4 is 10.0 Å². The van der Waals surface area contributed by atoms with Crippen molar-refractivity contribution in [3.8, 4) is 0 Å². The van der Waals surface area contributed by atoms with E-state index in [2.05, 4.69) is 18.6 Å². The van der Waals surface area contributed by atoms with Crippen LogP contribution in [0.4, 0.5) is 0 Å². The van der Waals surface area contributed by atoms with Crippen LogP contribution in [0.5, 0.6) is 0 Å². The van der Waals surface area contributed by atoms with Crippen LogP contribution >= 0.6 is 0 Å². The summed E-state index contributed by atoms with van der Waals surface area (Å²) in [5, 5.41) is 8.67. The molecule has 0 aliphatic heterocycles. The van der Waals surface area contributed by atoms with Crippen molar-refractivity contribution in [2.45, 2.75) is 50.8 Å². The molecule has 0 bridgehead atoms. The molecule has 0 radical (unpaired) electrons. The molecule has 0 fully saturated rings. The highest BCUT2D eigenvalue weighted by molar-refractivity contribution is 7.89. The van der Waals surface area contributed by atoms with Crippen LogP contribution < -0.4 is 4.72 Å². The van der Waals surface area contributed by atoms with Gasteiger partial charge in [-0.2, -0.15) is 0 Å². The first-order valence-electron chi connectivity index (χ1n) is 7.65. The van der Waals surface area contributed by atoms with E-state index in [0.29, 0.717) is 17.4 Å². The van der Waals surface area contributed by atoms with Gasteiger partial charge in [0.1, 0.15) is 0 Å². The van der Waals surface area contributed by atoms with E-state index in [-0.39, 0.29) is 6.61 Å². The van der Waals surface area contributed by atoms with Gasteiger partial charge in [0.05, 0.1) is 4.90 Å². The number of nitrogens with one attached hydrogen (secondary N) is 1. The molecule has 0 saturated heterocycles. The summed E-state index contributed by atoms with van der Waals surface area (Å²) in [6.45, 7) is 4.93. The average molecular weight is 313 g/mol. The van der Waals surface area contributed by atoms with Crippen molar-refractivity contribution in [3.63, 3.8) is 0 Å². The molecule has 0 atom stereocenters. The lowest BCUT2D eigenvalue weighted by Crippen LogP contribution is -2.24. The lowest BCUT2D eigenvalue weighted by Gasteiger charge is -2.09. The Morgan fingerprint density at radius 2 is 1.67 bits per heavy atom. The topological polar surface area (TPSA) is 66.4 Å². The molecule has 2 N–H and O–H groups in total. The molecular formula is C16H27NO3S. The van der Waals surface area contributed by atoms with E-state index in [4.69, 9.17) is 5.11 Å². The van der Waals surface area contributed by atoms with Gasteiger partial charge in [-0.25, -0.2) is 13.1 Å². The van der Waals surface area contributed by atoms with Gasteiger partial charge in [0.25, 0.3) is 0 Å². The number of benzene rings is 1. The van der Waals surface area contributed by atoms with Crippen LogP contribution in [-0.4, -0.2) is 26.7 Å². The average Bonchev–Trinajstić information content (AvgIpc) is 2.42. The minimum absolute atomic E-state index is 0.203. The second-order valence-corrected chi connectivity index (χ2v) is 7.54. The number of unbranched alkanes of at least 4 members (excludes halogenated alkanes) is 3. The van der Waals surface area contributed by atoms with Gasteiger partial charge in [-0.05, 0) is 42.9 Å². The predicted molar refractivity (Wildman–Crippen MR) is 85.7 cm³/mol. The second-order valence-electron chi connectivity index (χ2n) is 5.78. The van der Waals surface area contributed by atoms with E-state index in [1.54, 1.807) is 12.1 Å². The molecule has 120 valence electrons. The fraction of sp³-hybridized carbons (Fsp3) is 0.625. The molecule has 0 aliphatic rings. The maximum atomic E-state index is 12.1. The van der Waals surface area contributed by atoms with E-state index < -0.39 is 10.0 Å². The Morgan fingerprint density at radius 1 is 1.05 bits per heavy atom. The molecular weight excluding hydrogens is 286 g/mol. The van der Waals surface area contributed by atoms with Gasteiger partial charge in [-0.15, -0.1) is 0 Å². The van der Waals surface area contributed by atoms with E-state index in [1.807, 2.05) is 12.1 Å². The molecule has 0 saturated carbocycles. The second kappa shape index (κ2) is 9.18. The number of hydrogen-bond acceptors (Lipinski definition) is 3. The Bertz CT molecular complexity index is 495. The summed E-state index contributed by atoms with van der Waals surface area (Å²) in [5.41, 5.74) is 1.16. The summed E-state index contributed by atoms with van der Waals surface area (Å²) in [5.74, 6) is 0.560. The Labute approximate surface area is 128 Å². The highest BCUT2D eigenvalue weighted by Gasteiger charge is 2.12. The van der Waals surface area contributed by atoms with Gasteiger partial charge >= 0.3 is 0 Å². The first-order chi connectivity index (χ1) is 9.95. The van der Waals surface area contributed by atoms with Crippen LogP contribution in [0.2, 0.25) is 0 Å². The van der Waals surface area contributed by atoms with Crippen molar-refractivity contribution < 1.29 is 13.5 Å². The quantitative estimate of drug-likeness (QED) is 0.653. The van der Waals surface area contributed by atoms with Crippen molar-refractivity contribution in [2.24, 2.45) is 5.92 Å². The lowest BCUT2D eigenvalue weighted by atomic mass is 10.0. The first kappa shape index (κ1) is 18.1. The van der Waals surface area contributed by atoms with E-state index in [0.717, 1.165) is 37.7 Å². The smallest absolute Gasteiger partial charge is 0.240 e. The van der Waals surface area contributed by atoms with Crippen LogP contribution in [0.3, 0.4) is 0 Å². The third-order valence-corrected chi connectivity index (χ3v) is 4.73. The van der Waals surface area contributed by atoms with Crippen molar-refractivity contribution in [1.82, 2.24) is 4.72 Å². The van der Waals surface area contributed by atoms with Crippen LogP contribution in [0.15, 0.2) is 29.2 Å². The zero-order valence-corrected chi connectivity index (χ0v) is 13.8. The number of sulfonamides is 1. The Morgan fingerprint density at radius 3 is 2.24 bits per heavy atom. The molecule has 0 spiro atoms. The molecule has 21 heavy (non-hydrogen) atoms. The van der Waals surface area contributed by atoms with Gasteiger partial charge in [0, 0.05) is 13.2 Å². The lowest BCUT2D eigenvalue weighted by molar-refractivity contribution is 0.282. The van der Waals surface area contributed by atoms with Crippen molar-refractivity contribution in [3.05, 3.63) is 29.8 Å². The summed E-state index contributed by atoms with van der Waals surface area (Å²) in [6.07, 6.45) is 4.39. The summed E-state index contributed by atoms with van der Waals surface area (Å²) < 4.78 is 26.8. The Hall–Kier alpha value is -0.910. The molecule has 1 aromatic rings. The molecule has 5 heteroatoms. The van der Waals surface area contributed by atoms with E-state index >= 15 is 0 Å². The normalized spacial score (nSPS) is 12.0. The molecule has 0 heterocycles. The minimum Gasteiger partial charge on any atom is -0.396 e. The zero-order valence-electron chi connectivity index (χ0n) is 13.0. The largest absolute Gasteiger partial charge is 0.396 e. The molecule has 4 nitrogen and oxygen atoms in total.